The highest BCUT2D eigenvalue weighted by molar-refractivity contribution is 5.90. The van der Waals surface area contributed by atoms with Crippen LogP contribution in [0, 0.1) is 11.8 Å². The Hall–Kier alpha value is -1.57. The van der Waals surface area contributed by atoms with Crippen LogP contribution in [0.1, 0.15) is 46.5 Å². The van der Waals surface area contributed by atoms with E-state index in [4.69, 9.17) is 4.74 Å². The van der Waals surface area contributed by atoms with Crippen LogP contribution in [0.3, 0.4) is 0 Å². The van der Waals surface area contributed by atoms with Crippen LogP contribution in [-0.2, 0) is 9.53 Å². The van der Waals surface area contributed by atoms with Gasteiger partial charge in [-0.15, -0.1) is 0 Å². The number of carbonyl (C=O) groups excluding carboxylic acids is 1. The number of hydrogen-bond donors (Lipinski definition) is 0. The summed E-state index contributed by atoms with van der Waals surface area (Å²) in [6.45, 7) is 6.57. The third-order valence-electron chi connectivity index (χ3n) is 4.24. The maximum atomic E-state index is 11.9. The summed E-state index contributed by atoms with van der Waals surface area (Å²) in [5, 5.41) is 0. The van der Waals surface area contributed by atoms with Gasteiger partial charge in [-0.1, -0.05) is 49.8 Å². The molecule has 0 radical (unpaired) electrons. The largest absolute Gasteiger partial charge is 0.454 e. The molecule has 0 aromatic heterocycles. The quantitative estimate of drug-likeness (QED) is 0.514. The fraction of sp³-hybridized carbons (Fsp3) is 0.526. The molecule has 0 spiro atoms. The smallest absolute Gasteiger partial charge is 0.334 e. The Labute approximate surface area is 128 Å². The zero-order valence-electron chi connectivity index (χ0n) is 13.3. The zero-order valence-corrected chi connectivity index (χ0v) is 13.3. The molecular formula is C19H26O2. The van der Waals surface area contributed by atoms with Gasteiger partial charge in [0, 0.05) is 12.0 Å². The summed E-state index contributed by atoms with van der Waals surface area (Å²) < 4.78 is 5.46. The molecule has 1 aliphatic carbocycles. The highest BCUT2D eigenvalue weighted by atomic mass is 16.5. The van der Waals surface area contributed by atoms with E-state index in [9.17, 15) is 4.79 Å². The molecule has 0 saturated heterocycles. The fourth-order valence-electron chi connectivity index (χ4n) is 2.83. The summed E-state index contributed by atoms with van der Waals surface area (Å²) in [5.74, 6) is 0.966. The van der Waals surface area contributed by atoms with Crippen LogP contribution in [0.2, 0.25) is 0 Å². The van der Waals surface area contributed by atoms with Crippen molar-refractivity contribution in [3.05, 3.63) is 47.6 Å². The Morgan fingerprint density at radius 2 is 2.10 bits per heavy atom. The topological polar surface area (TPSA) is 26.3 Å². The van der Waals surface area contributed by atoms with Gasteiger partial charge in [0.2, 0.25) is 0 Å². The molecule has 0 fully saturated rings. The van der Waals surface area contributed by atoms with Crippen LogP contribution in [0.25, 0.3) is 0 Å². The van der Waals surface area contributed by atoms with Crippen LogP contribution in [0.5, 0.6) is 0 Å². The lowest BCUT2D eigenvalue weighted by Crippen LogP contribution is -2.10. The molecule has 2 atom stereocenters. The van der Waals surface area contributed by atoms with E-state index in [1.807, 2.05) is 6.08 Å². The van der Waals surface area contributed by atoms with Gasteiger partial charge in [0.25, 0.3) is 0 Å². The van der Waals surface area contributed by atoms with Crippen LogP contribution in [-0.4, -0.2) is 12.1 Å². The van der Waals surface area contributed by atoms with E-state index >= 15 is 0 Å². The van der Waals surface area contributed by atoms with Crippen molar-refractivity contribution in [2.45, 2.75) is 52.6 Å². The van der Waals surface area contributed by atoms with E-state index in [2.05, 4.69) is 51.2 Å². The second-order valence-electron chi connectivity index (χ2n) is 6.39. The van der Waals surface area contributed by atoms with Gasteiger partial charge in [0.15, 0.2) is 0 Å². The molecule has 1 aliphatic heterocycles. The molecule has 0 aromatic rings. The highest BCUT2D eigenvalue weighted by Crippen LogP contribution is 2.27. The van der Waals surface area contributed by atoms with Gasteiger partial charge in [0.1, 0.15) is 6.10 Å². The second kappa shape index (κ2) is 7.44. The van der Waals surface area contributed by atoms with Crippen LogP contribution < -0.4 is 0 Å². The monoisotopic (exact) mass is 286 g/mol. The first-order valence-corrected chi connectivity index (χ1v) is 7.97. The minimum Gasteiger partial charge on any atom is -0.454 e. The number of esters is 1. The van der Waals surface area contributed by atoms with Crippen molar-refractivity contribution in [1.29, 1.82) is 0 Å². The van der Waals surface area contributed by atoms with Crippen molar-refractivity contribution in [2.75, 3.05) is 0 Å². The summed E-state index contributed by atoms with van der Waals surface area (Å²) in [7, 11) is 0. The van der Waals surface area contributed by atoms with Crippen molar-refractivity contribution in [3.8, 4) is 0 Å². The minimum atomic E-state index is -0.118. The van der Waals surface area contributed by atoms with E-state index in [0.29, 0.717) is 11.8 Å². The van der Waals surface area contributed by atoms with Crippen molar-refractivity contribution < 1.29 is 9.53 Å². The molecule has 2 bridgehead atoms. The highest BCUT2D eigenvalue weighted by Gasteiger charge is 2.26. The molecule has 2 nitrogen and oxygen atoms in total. The minimum absolute atomic E-state index is 0.0660. The van der Waals surface area contributed by atoms with Crippen molar-refractivity contribution in [3.63, 3.8) is 0 Å². The van der Waals surface area contributed by atoms with E-state index < -0.39 is 0 Å². The molecule has 2 rings (SSSR count). The number of rotatable bonds is 1. The van der Waals surface area contributed by atoms with Gasteiger partial charge in [0.05, 0.1) is 0 Å². The molecule has 0 N–H and O–H groups in total. The van der Waals surface area contributed by atoms with Crippen molar-refractivity contribution in [1.82, 2.24) is 0 Å². The first kappa shape index (κ1) is 15.8. The summed E-state index contributed by atoms with van der Waals surface area (Å²) in [6.07, 6.45) is 16.4. The zero-order chi connectivity index (χ0) is 15.2. The predicted octanol–water partition coefficient (Wildman–Crippen LogP) is 4.74. The number of carbonyl (C=O) groups is 1. The van der Waals surface area contributed by atoms with Crippen LogP contribution in [0.15, 0.2) is 47.6 Å². The lowest BCUT2D eigenvalue weighted by Gasteiger charge is -2.16. The maximum absolute atomic E-state index is 11.9. The summed E-state index contributed by atoms with van der Waals surface area (Å²) in [6, 6.07) is 0. The summed E-state index contributed by atoms with van der Waals surface area (Å²) in [4.78, 5) is 11.9. The van der Waals surface area contributed by atoms with E-state index in [0.717, 1.165) is 31.3 Å². The first-order valence-electron chi connectivity index (χ1n) is 7.97. The first-order chi connectivity index (χ1) is 10.1. The molecule has 2 heteroatoms. The lowest BCUT2D eigenvalue weighted by molar-refractivity contribution is -0.139. The molecule has 114 valence electrons. The van der Waals surface area contributed by atoms with E-state index in [1.165, 1.54) is 5.57 Å². The SMILES string of the molecule is CC1=CCC=CC=C[C@@H](C(C)C)CCC2=C[C@@H](C1)OC2=O. The van der Waals surface area contributed by atoms with Gasteiger partial charge in [-0.2, -0.15) is 0 Å². The molecule has 1 heterocycles. The average Bonchev–Trinajstić information content (AvgIpc) is 2.75. The Bertz CT molecular complexity index is 492. The van der Waals surface area contributed by atoms with Crippen molar-refractivity contribution in [2.24, 2.45) is 11.8 Å². The summed E-state index contributed by atoms with van der Waals surface area (Å²) in [5.41, 5.74) is 2.13. The van der Waals surface area contributed by atoms with Gasteiger partial charge in [-0.3, -0.25) is 0 Å². The van der Waals surface area contributed by atoms with Gasteiger partial charge in [-0.05, 0) is 44.1 Å². The van der Waals surface area contributed by atoms with E-state index in [-0.39, 0.29) is 12.1 Å². The standard InChI is InChI=1S/C19H26O2/c1-14(2)16-9-7-5-4-6-8-15(3)12-18-13-17(11-10-16)19(20)21-18/h4-5,7-9,13-14,16,18H,6,10-12H2,1-3H3/t16-,18-/m1/s1. The summed E-state index contributed by atoms with van der Waals surface area (Å²) >= 11 is 0. The molecule has 21 heavy (non-hydrogen) atoms. The van der Waals surface area contributed by atoms with Crippen LogP contribution in [0.4, 0.5) is 0 Å². The Balaban J connectivity index is 2.16. The molecule has 0 aromatic carbocycles. The number of allylic oxidation sites excluding steroid dienone is 5. The van der Waals surface area contributed by atoms with Crippen LogP contribution >= 0.6 is 0 Å². The molecule has 0 unspecified atom stereocenters. The Kier molecular flexibility index (Phi) is 5.60. The number of hydrogen-bond acceptors (Lipinski definition) is 2. The maximum Gasteiger partial charge on any atom is 0.334 e. The van der Waals surface area contributed by atoms with Crippen molar-refractivity contribution >= 4 is 5.97 Å². The lowest BCUT2D eigenvalue weighted by atomic mass is 9.89. The number of ether oxygens (including phenoxy) is 1. The van der Waals surface area contributed by atoms with Gasteiger partial charge in [-0.25, -0.2) is 4.79 Å². The normalized spacial score (nSPS) is 27.1. The molecular weight excluding hydrogens is 260 g/mol. The molecule has 0 saturated carbocycles. The number of fused-ring (bicyclic) bond motifs is 1. The fourth-order valence-corrected chi connectivity index (χ4v) is 2.83. The molecule has 0 amide bonds. The van der Waals surface area contributed by atoms with Gasteiger partial charge < -0.3 is 4.74 Å². The van der Waals surface area contributed by atoms with Gasteiger partial charge >= 0.3 is 5.97 Å². The third kappa shape index (κ3) is 4.73. The Morgan fingerprint density at radius 1 is 1.29 bits per heavy atom. The average molecular weight is 286 g/mol. The second-order valence-corrected chi connectivity index (χ2v) is 6.39. The predicted molar refractivity (Wildman–Crippen MR) is 86.8 cm³/mol. The molecule has 2 aliphatic rings. The van der Waals surface area contributed by atoms with E-state index in [1.54, 1.807) is 0 Å². The Morgan fingerprint density at radius 3 is 2.86 bits per heavy atom. The third-order valence-corrected chi connectivity index (χ3v) is 4.24.